The van der Waals surface area contributed by atoms with Crippen molar-refractivity contribution in [2.75, 3.05) is 36.4 Å². The van der Waals surface area contributed by atoms with Gasteiger partial charge in [-0.1, -0.05) is 23.7 Å². The molecule has 3 rings (SSSR count). The lowest BCUT2D eigenvalue weighted by atomic mass is 10.1. The fourth-order valence-electron chi connectivity index (χ4n) is 2.97. The van der Waals surface area contributed by atoms with Gasteiger partial charge in [0.2, 0.25) is 0 Å². The highest BCUT2D eigenvalue weighted by molar-refractivity contribution is 7.80. The number of nitrogens with two attached hydrogens (primary N) is 1. The highest BCUT2D eigenvalue weighted by atomic mass is 35.5. The molecule has 1 heterocycles. The standard InChI is InChI=1S/C18H18ClFN4OS/c19-12-5-6-16(15(11-12)22-18(21)26)23-7-9-24(10-8-23)17(25)13-3-1-2-4-14(13)20/h1-6,11H,7-10H2,(H3,21,22,26). The molecule has 0 aromatic heterocycles. The van der Waals surface area contributed by atoms with E-state index in [2.05, 4.69) is 10.2 Å². The van der Waals surface area contributed by atoms with Crippen molar-refractivity contribution in [3.8, 4) is 0 Å². The molecule has 8 heteroatoms. The lowest BCUT2D eigenvalue weighted by molar-refractivity contribution is 0.0742. The van der Waals surface area contributed by atoms with E-state index in [1.165, 1.54) is 12.1 Å². The number of carbonyl (C=O) groups is 1. The van der Waals surface area contributed by atoms with Gasteiger partial charge in [-0.15, -0.1) is 0 Å². The van der Waals surface area contributed by atoms with Crippen molar-refractivity contribution in [2.45, 2.75) is 0 Å². The minimum Gasteiger partial charge on any atom is -0.376 e. The van der Waals surface area contributed by atoms with Gasteiger partial charge >= 0.3 is 0 Å². The van der Waals surface area contributed by atoms with Crippen molar-refractivity contribution < 1.29 is 9.18 Å². The predicted molar refractivity (Wildman–Crippen MR) is 106 cm³/mol. The Morgan fingerprint density at radius 2 is 1.85 bits per heavy atom. The Morgan fingerprint density at radius 3 is 2.50 bits per heavy atom. The van der Waals surface area contributed by atoms with Crippen LogP contribution in [0.5, 0.6) is 0 Å². The molecule has 0 unspecified atom stereocenters. The molecule has 26 heavy (non-hydrogen) atoms. The van der Waals surface area contributed by atoms with E-state index in [-0.39, 0.29) is 16.6 Å². The van der Waals surface area contributed by atoms with Gasteiger partial charge in [-0.2, -0.15) is 0 Å². The second kappa shape index (κ2) is 7.88. The fraction of sp³-hybridized carbons (Fsp3) is 0.222. The van der Waals surface area contributed by atoms with Gasteiger partial charge in [0, 0.05) is 31.2 Å². The number of nitrogens with one attached hydrogen (secondary N) is 1. The molecule has 0 atom stereocenters. The van der Waals surface area contributed by atoms with Crippen molar-refractivity contribution >= 4 is 46.2 Å². The Morgan fingerprint density at radius 1 is 1.15 bits per heavy atom. The molecule has 0 bridgehead atoms. The van der Waals surface area contributed by atoms with Crippen LogP contribution in [-0.2, 0) is 0 Å². The number of thiocarbonyl (C=S) groups is 1. The number of anilines is 2. The average molecular weight is 393 g/mol. The maximum atomic E-state index is 13.8. The molecule has 2 aromatic rings. The van der Waals surface area contributed by atoms with Gasteiger partial charge in [-0.25, -0.2) is 4.39 Å². The molecule has 0 saturated carbocycles. The molecule has 136 valence electrons. The quantitative estimate of drug-likeness (QED) is 0.786. The van der Waals surface area contributed by atoms with Crippen LogP contribution in [0.25, 0.3) is 0 Å². The summed E-state index contributed by atoms with van der Waals surface area (Å²) in [7, 11) is 0. The van der Waals surface area contributed by atoms with Crippen molar-refractivity contribution in [3.05, 3.63) is 58.9 Å². The number of hydrogen-bond donors (Lipinski definition) is 2. The molecule has 5 nitrogen and oxygen atoms in total. The molecule has 1 aliphatic heterocycles. The van der Waals surface area contributed by atoms with Crippen LogP contribution in [0.1, 0.15) is 10.4 Å². The van der Waals surface area contributed by atoms with E-state index < -0.39 is 5.82 Å². The number of nitrogens with zero attached hydrogens (tertiary/aromatic N) is 2. The second-order valence-corrected chi connectivity index (χ2v) is 6.79. The summed E-state index contributed by atoms with van der Waals surface area (Å²) in [6, 6.07) is 11.5. The first-order valence-corrected chi connectivity index (χ1v) is 8.89. The molecular formula is C18H18ClFN4OS. The van der Waals surface area contributed by atoms with Crippen LogP contribution in [0.15, 0.2) is 42.5 Å². The first kappa shape index (κ1) is 18.4. The van der Waals surface area contributed by atoms with Crippen LogP contribution >= 0.6 is 23.8 Å². The number of carbonyl (C=O) groups excluding carboxylic acids is 1. The number of piperazine rings is 1. The maximum Gasteiger partial charge on any atom is 0.256 e. The third-order valence-corrected chi connectivity index (χ3v) is 4.57. The Hall–Kier alpha value is -2.38. The van der Waals surface area contributed by atoms with E-state index in [9.17, 15) is 9.18 Å². The Kier molecular flexibility index (Phi) is 5.58. The minimum atomic E-state index is -0.499. The molecule has 0 radical (unpaired) electrons. The summed E-state index contributed by atoms with van der Waals surface area (Å²) in [4.78, 5) is 16.3. The van der Waals surface area contributed by atoms with E-state index in [0.29, 0.717) is 31.2 Å². The number of hydrogen-bond acceptors (Lipinski definition) is 3. The first-order chi connectivity index (χ1) is 12.5. The van der Waals surface area contributed by atoms with Crippen LogP contribution < -0.4 is 16.0 Å². The zero-order chi connectivity index (χ0) is 18.7. The van der Waals surface area contributed by atoms with Crippen LogP contribution in [0, 0.1) is 5.82 Å². The molecule has 1 amide bonds. The van der Waals surface area contributed by atoms with Crippen molar-refractivity contribution in [2.24, 2.45) is 5.73 Å². The first-order valence-electron chi connectivity index (χ1n) is 8.10. The van der Waals surface area contributed by atoms with E-state index in [1.807, 2.05) is 6.07 Å². The topological polar surface area (TPSA) is 61.6 Å². The third kappa shape index (κ3) is 4.05. The zero-order valence-electron chi connectivity index (χ0n) is 13.9. The van der Waals surface area contributed by atoms with Crippen LogP contribution in [0.4, 0.5) is 15.8 Å². The molecule has 1 fully saturated rings. The monoisotopic (exact) mass is 392 g/mol. The fourth-order valence-corrected chi connectivity index (χ4v) is 3.25. The normalized spacial score (nSPS) is 14.2. The molecule has 1 saturated heterocycles. The van der Waals surface area contributed by atoms with E-state index in [1.54, 1.807) is 29.2 Å². The molecule has 3 N–H and O–H groups in total. The maximum absolute atomic E-state index is 13.8. The highest BCUT2D eigenvalue weighted by Crippen LogP contribution is 2.30. The lowest BCUT2D eigenvalue weighted by Gasteiger charge is -2.37. The molecular weight excluding hydrogens is 375 g/mol. The minimum absolute atomic E-state index is 0.100. The average Bonchev–Trinajstić information content (AvgIpc) is 2.61. The Labute approximate surface area is 161 Å². The van der Waals surface area contributed by atoms with Gasteiger partial charge in [-0.05, 0) is 42.5 Å². The van der Waals surface area contributed by atoms with Gasteiger partial charge in [-0.3, -0.25) is 4.79 Å². The van der Waals surface area contributed by atoms with E-state index in [4.69, 9.17) is 29.6 Å². The van der Waals surface area contributed by atoms with E-state index in [0.717, 1.165) is 11.4 Å². The van der Waals surface area contributed by atoms with Gasteiger partial charge in [0.05, 0.1) is 16.9 Å². The van der Waals surface area contributed by atoms with Crippen molar-refractivity contribution in [3.63, 3.8) is 0 Å². The second-order valence-electron chi connectivity index (χ2n) is 5.91. The number of rotatable bonds is 3. The largest absolute Gasteiger partial charge is 0.376 e. The third-order valence-electron chi connectivity index (χ3n) is 4.23. The Balaban J connectivity index is 1.72. The number of amides is 1. The summed E-state index contributed by atoms with van der Waals surface area (Å²) < 4.78 is 13.8. The summed E-state index contributed by atoms with van der Waals surface area (Å²) in [6.45, 7) is 2.19. The van der Waals surface area contributed by atoms with Crippen LogP contribution in [0.2, 0.25) is 5.02 Å². The molecule has 0 aliphatic carbocycles. The number of halogens is 2. The number of benzene rings is 2. The molecule has 2 aromatic carbocycles. The van der Waals surface area contributed by atoms with Gasteiger partial charge in [0.25, 0.3) is 5.91 Å². The van der Waals surface area contributed by atoms with Crippen LogP contribution in [0.3, 0.4) is 0 Å². The van der Waals surface area contributed by atoms with Crippen molar-refractivity contribution in [1.29, 1.82) is 0 Å². The SMILES string of the molecule is NC(=S)Nc1cc(Cl)ccc1N1CCN(C(=O)c2ccccc2F)CC1. The highest BCUT2D eigenvalue weighted by Gasteiger charge is 2.25. The summed E-state index contributed by atoms with van der Waals surface area (Å²) >= 11 is 11.0. The van der Waals surface area contributed by atoms with Gasteiger partial charge < -0.3 is 20.9 Å². The zero-order valence-corrected chi connectivity index (χ0v) is 15.5. The summed E-state index contributed by atoms with van der Waals surface area (Å²) in [5.74, 6) is -0.791. The molecule has 1 aliphatic rings. The predicted octanol–water partition coefficient (Wildman–Crippen LogP) is 3.10. The lowest BCUT2D eigenvalue weighted by Crippen LogP contribution is -2.49. The van der Waals surface area contributed by atoms with Crippen molar-refractivity contribution in [1.82, 2.24) is 4.90 Å². The Bertz CT molecular complexity index is 840. The smallest absolute Gasteiger partial charge is 0.256 e. The van der Waals surface area contributed by atoms with Gasteiger partial charge in [0.1, 0.15) is 5.82 Å². The van der Waals surface area contributed by atoms with Crippen LogP contribution in [-0.4, -0.2) is 42.1 Å². The molecule has 0 spiro atoms. The van der Waals surface area contributed by atoms with Gasteiger partial charge in [0.15, 0.2) is 5.11 Å². The summed E-state index contributed by atoms with van der Waals surface area (Å²) in [6.07, 6.45) is 0. The summed E-state index contributed by atoms with van der Waals surface area (Å²) in [5.41, 5.74) is 7.31. The summed E-state index contributed by atoms with van der Waals surface area (Å²) in [5, 5.41) is 3.66. The van der Waals surface area contributed by atoms with E-state index >= 15 is 0 Å².